The molecule has 2 atom stereocenters. The van der Waals surface area contributed by atoms with Crippen molar-refractivity contribution >= 4 is 17.5 Å². The van der Waals surface area contributed by atoms with E-state index in [1.54, 1.807) is 30.3 Å². The van der Waals surface area contributed by atoms with E-state index in [1.807, 2.05) is 4.90 Å². The maximum atomic E-state index is 13.2. The molecule has 0 bridgehead atoms. The molecule has 0 aromatic heterocycles. The van der Waals surface area contributed by atoms with E-state index in [0.717, 1.165) is 39.0 Å². The second-order valence-electron chi connectivity index (χ2n) is 7.24. The lowest BCUT2D eigenvalue weighted by molar-refractivity contribution is 0.0756. The van der Waals surface area contributed by atoms with Crippen molar-refractivity contribution in [3.63, 3.8) is 0 Å². The number of nitrogens with one attached hydrogen (secondary N) is 1. The zero-order valence-corrected chi connectivity index (χ0v) is 15.7. The molecular weight excluding hydrogens is 367 g/mol. The summed E-state index contributed by atoms with van der Waals surface area (Å²) >= 11 is 6.15. The molecule has 4 nitrogen and oxygen atoms in total. The van der Waals surface area contributed by atoms with Crippen LogP contribution in [0.5, 0.6) is 11.5 Å². The SMILES string of the molecule is O=C(c1cc(Cl)ccc1Oc1ccc(F)cc1)N1CC[C@@H]2CNC[C@@H]2CC1. The number of likely N-dealkylation sites (tertiary alicyclic amines) is 1. The van der Waals surface area contributed by atoms with Crippen molar-refractivity contribution < 1.29 is 13.9 Å². The Morgan fingerprint density at radius 2 is 1.74 bits per heavy atom. The van der Waals surface area contributed by atoms with E-state index in [9.17, 15) is 9.18 Å². The molecule has 2 saturated heterocycles. The van der Waals surface area contributed by atoms with E-state index in [2.05, 4.69) is 5.32 Å². The number of carbonyl (C=O) groups is 1. The minimum atomic E-state index is -0.334. The molecule has 6 heteroatoms. The van der Waals surface area contributed by atoms with Crippen LogP contribution in [0.1, 0.15) is 23.2 Å². The van der Waals surface area contributed by atoms with Crippen LogP contribution in [0.25, 0.3) is 0 Å². The van der Waals surface area contributed by atoms with Crippen LogP contribution in [0.2, 0.25) is 5.02 Å². The molecule has 0 aliphatic carbocycles. The molecule has 2 aromatic rings. The average molecular weight is 389 g/mol. The maximum Gasteiger partial charge on any atom is 0.257 e. The van der Waals surface area contributed by atoms with Gasteiger partial charge in [0.25, 0.3) is 5.91 Å². The average Bonchev–Trinajstić information content (AvgIpc) is 3.03. The van der Waals surface area contributed by atoms with Crippen molar-refractivity contribution in [2.75, 3.05) is 26.2 Å². The largest absolute Gasteiger partial charge is 0.457 e. The highest BCUT2D eigenvalue weighted by molar-refractivity contribution is 6.31. The molecular formula is C21H22ClFN2O2. The molecule has 2 aliphatic heterocycles. The molecule has 2 fully saturated rings. The second-order valence-corrected chi connectivity index (χ2v) is 7.68. The zero-order chi connectivity index (χ0) is 18.8. The van der Waals surface area contributed by atoms with Gasteiger partial charge >= 0.3 is 0 Å². The Bertz CT molecular complexity index is 813. The van der Waals surface area contributed by atoms with Crippen molar-refractivity contribution in [1.82, 2.24) is 10.2 Å². The molecule has 1 N–H and O–H groups in total. The number of hydrogen-bond donors (Lipinski definition) is 1. The van der Waals surface area contributed by atoms with Crippen molar-refractivity contribution in [3.8, 4) is 11.5 Å². The van der Waals surface area contributed by atoms with Crippen molar-refractivity contribution in [2.45, 2.75) is 12.8 Å². The normalized spacial score (nSPS) is 22.2. The first-order chi connectivity index (χ1) is 13.1. The summed E-state index contributed by atoms with van der Waals surface area (Å²) in [4.78, 5) is 15.1. The highest BCUT2D eigenvalue weighted by Gasteiger charge is 2.32. The fraction of sp³-hybridized carbons (Fsp3) is 0.381. The fourth-order valence-corrected chi connectivity index (χ4v) is 4.15. The van der Waals surface area contributed by atoms with Crippen LogP contribution in [-0.2, 0) is 0 Å². The summed E-state index contributed by atoms with van der Waals surface area (Å²) in [6.45, 7) is 3.57. The molecule has 4 rings (SSSR count). The number of rotatable bonds is 3. The van der Waals surface area contributed by atoms with Gasteiger partial charge in [-0.3, -0.25) is 4.79 Å². The number of benzene rings is 2. The van der Waals surface area contributed by atoms with Crippen LogP contribution in [-0.4, -0.2) is 37.0 Å². The van der Waals surface area contributed by atoms with Crippen LogP contribution in [0, 0.1) is 17.7 Å². The molecule has 2 heterocycles. The Morgan fingerprint density at radius 3 is 2.41 bits per heavy atom. The van der Waals surface area contributed by atoms with Gasteiger partial charge in [0, 0.05) is 18.1 Å². The van der Waals surface area contributed by atoms with Gasteiger partial charge in [-0.05, 0) is 80.2 Å². The molecule has 27 heavy (non-hydrogen) atoms. The third-order valence-electron chi connectivity index (χ3n) is 5.52. The number of hydrogen-bond acceptors (Lipinski definition) is 3. The third-order valence-corrected chi connectivity index (χ3v) is 5.76. The van der Waals surface area contributed by atoms with Crippen LogP contribution in [0.15, 0.2) is 42.5 Å². The number of carbonyl (C=O) groups excluding carboxylic acids is 1. The summed E-state index contributed by atoms with van der Waals surface area (Å²) in [5.74, 6) is 1.81. The van der Waals surface area contributed by atoms with Gasteiger partial charge in [0.2, 0.25) is 0 Å². The highest BCUT2D eigenvalue weighted by Crippen LogP contribution is 2.32. The van der Waals surface area contributed by atoms with Gasteiger partial charge in [-0.1, -0.05) is 11.6 Å². The third kappa shape index (κ3) is 4.09. The minimum absolute atomic E-state index is 0.0671. The fourth-order valence-electron chi connectivity index (χ4n) is 3.98. The minimum Gasteiger partial charge on any atom is -0.457 e. The van der Waals surface area contributed by atoms with Crippen molar-refractivity contribution in [2.24, 2.45) is 11.8 Å². The Balaban J connectivity index is 1.55. The van der Waals surface area contributed by atoms with Gasteiger partial charge in [0.15, 0.2) is 0 Å². The van der Waals surface area contributed by atoms with E-state index in [-0.39, 0.29) is 11.7 Å². The number of amides is 1. The predicted molar refractivity (Wildman–Crippen MR) is 103 cm³/mol. The molecule has 0 saturated carbocycles. The van der Waals surface area contributed by atoms with Crippen LogP contribution in [0.4, 0.5) is 4.39 Å². The summed E-state index contributed by atoms with van der Waals surface area (Å²) in [6, 6.07) is 10.8. The molecule has 0 spiro atoms. The van der Waals surface area contributed by atoms with Gasteiger partial charge in [-0.15, -0.1) is 0 Å². The predicted octanol–water partition coefficient (Wildman–Crippen LogP) is 4.34. The number of nitrogens with zero attached hydrogens (tertiary/aromatic N) is 1. The Labute approximate surface area is 163 Å². The number of ether oxygens (including phenoxy) is 1. The standard InChI is InChI=1S/C21H22ClFN2O2/c22-16-1-6-20(27-18-4-2-17(23)3-5-18)19(11-16)21(26)25-9-7-14-12-24-13-15(14)8-10-25/h1-6,11,14-15,24H,7-10,12-13H2/t14-,15+. The summed E-state index contributed by atoms with van der Waals surface area (Å²) in [5, 5.41) is 3.93. The molecule has 2 aromatic carbocycles. The molecule has 1 amide bonds. The van der Waals surface area contributed by atoms with E-state index in [0.29, 0.717) is 33.9 Å². The van der Waals surface area contributed by atoms with Gasteiger partial charge in [0.1, 0.15) is 17.3 Å². The quantitative estimate of drug-likeness (QED) is 0.850. The van der Waals surface area contributed by atoms with Crippen LogP contribution >= 0.6 is 11.6 Å². The Morgan fingerprint density at radius 1 is 1.07 bits per heavy atom. The summed E-state index contributed by atoms with van der Waals surface area (Å²) < 4.78 is 19.0. The lowest BCUT2D eigenvalue weighted by atomic mass is 9.92. The van der Waals surface area contributed by atoms with Gasteiger partial charge < -0.3 is 15.0 Å². The molecule has 0 unspecified atom stereocenters. The Hall–Kier alpha value is -2.11. The maximum absolute atomic E-state index is 13.2. The lowest BCUT2D eigenvalue weighted by Crippen LogP contribution is -2.33. The van der Waals surface area contributed by atoms with E-state index in [4.69, 9.17) is 16.3 Å². The summed E-state index contributed by atoms with van der Waals surface area (Å²) in [6.07, 6.45) is 2.02. The molecule has 0 radical (unpaired) electrons. The van der Waals surface area contributed by atoms with Crippen molar-refractivity contribution in [1.29, 1.82) is 0 Å². The number of halogens is 2. The van der Waals surface area contributed by atoms with Gasteiger partial charge in [0.05, 0.1) is 5.56 Å². The van der Waals surface area contributed by atoms with E-state index >= 15 is 0 Å². The summed E-state index contributed by atoms with van der Waals surface area (Å²) in [7, 11) is 0. The van der Waals surface area contributed by atoms with Gasteiger partial charge in [-0.2, -0.15) is 0 Å². The summed E-state index contributed by atoms with van der Waals surface area (Å²) in [5.41, 5.74) is 0.442. The van der Waals surface area contributed by atoms with Crippen LogP contribution in [0.3, 0.4) is 0 Å². The Kier molecular flexibility index (Phi) is 5.32. The van der Waals surface area contributed by atoms with Crippen LogP contribution < -0.4 is 10.1 Å². The first-order valence-electron chi connectivity index (χ1n) is 9.33. The second kappa shape index (κ2) is 7.87. The topological polar surface area (TPSA) is 41.6 Å². The first-order valence-corrected chi connectivity index (χ1v) is 9.71. The number of fused-ring (bicyclic) bond motifs is 1. The lowest BCUT2D eigenvalue weighted by Gasteiger charge is -2.22. The van der Waals surface area contributed by atoms with E-state index in [1.165, 1.54) is 12.1 Å². The molecule has 142 valence electrons. The smallest absolute Gasteiger partial charge is 0.257 e. The van der Waals surface area contributed by atoms with Gasteiger partial charge in [-0.25, -0.2) is 4.39 Å². The van der Waals surface area contributed by atoms with Crippen molar-refractivity contribution in [3.05, 3.63) is 58.9 Å². The molecule has 2 aliphatic rings. The van der Waals surface area contributed by atoms with E-state index < -0.39 is 0 Å². The zero-order valence-electron chi connectivity index (χ0n) is 15.0. The monoisotopic (exact) mass is 388 g/mol. The highest BCUT2D eigenvalue weighted by atomic mass is 35.5. The first kappa shape index (κ1) is 18.3.